The number of halogens is 1. The molecule has 9 heteroatoms. The van der Waals surface area contributed by atoms with Crippen molar-refractivity contribution in [2.75, 3.05) is 7.05 Å². The van der Waals surface area contributed by atoms with Crippen LogP contribution in [-0.4, -0.2) is 37.0 Å². The van der Waals surface area contributed by atoms with Crippen molar-refractivity contribution in [2.45, 2.75) is 65.1 Å². The third-order valence-corrected chi connectivity index (χ3v) is 5.71. The topological polar surface area (TPSA) is 93.0 Å². The molecule has 0 bridgehead atoms. The van der Waals surface area contributed by atoms with Gasteiger partial charge in [-0.2, -0.15) is 4.98 Å². The Kier molecular flexibility index (Phi) is 8.27. The minimum Gasteiger partial charge on any atom is -0.341 e. The SMILES string of the molecule is CCCCCn1c(=O)n(CCCCC(=O)N(C)Cc2ccccc2)c(=O)c2[nH]c(Cl)nc21. The van der Waals surface area contributed by atoms with Gasteiger partial charge < -0.3 is 9.88 Å². The zero-order valence-electron chi connectivity index (χ0n) is 18.6. The third kappa shape index (κ3) is 5.68. The standard InChI is InChI=1S/C23H30ClN5O3/c1-3-4-9-14-28-20-19(25-22(24)26-20)21(31)29(23(28)32)15-10-8-13-18(30)27(2)16-17-11-6-5-7-12-17/h5-7,11-12H,3-4,8-10,13-16H2,1-2H3,(H,25,26). The summed E-state index contributed by atoms with van der Waals surface area (Å²) in [5.74, 6) is 0.0361. The molecule has 0 atom stereocenters. The first-order valence-corrected chi connectivity index (χ1v) is 11.5. The summed E-state index contributed by atoms with van der Waals surface area (Å²) >= 11 is 5.97. The summed E-state index contributed by atoms with van der Waals surface area (Å²) in [4.78, 5) is 46.9. The summed E-state index contributed by atoms with van der Waals surface area (Å²) in [5, 5.41) is 0.0885. The van der Waals surface area contributed by atoms with E-state index in [2.05, 4.69) is 16.9 Å². The number of aryl methyl sites for hydroxylation is 1. The number of carbonyl (C=O) groups excluding carboxylic acids is 1. The molecule has 2 aromatic heterocycles. The van der Waals surface area contributed by atoms with E-state index in [9.17, 15) is 14.4 Å². The van der Waals surface area contributed by atoms with Crippen LogP contribution in [0.1, 0.15) is 51.0 Å². The molecule has 0 aliphatic carbocycles. The average Bonchev–Trinajstić information content (AvgIpc) is 3.17. The molecule has 32 heavy (non-hydrogen) atoms. The lowest BCUT2D eigenvalue weighted by Gasteiger charge is -2.17. The van der Waals surface area contributed by atoms with E-state index in [1.807, 2.05) is 30.3 Å². The zero-order valence-corrected chi connectivity index (χ0v) is 19.4. The molecule has 1 amide bonds. The van der Waals surface area contributed by atoms with E-state index < -0.39 is 5.56 Å². The largest absolute Gasteiger partial charge is 0.341 e. The number of rotatable bonds is 11. The van der Waals surface area contributed by atoms with Crippen molar-refractivity contribution < 1.29 is 4.79 Å². The number of H-pyrrole nitrogens is 1. The second kappa shape index (κ2) is 11.1. The first-order chi connectivity index (χ1) is 15.4. The van der Waals surface area contributed by atoms with Crippen LogP contribution in [0.5, 0.6) is 0 Å². The van der Waals surface area contributed by atoms with E-state index in [1.165, 1.54) is 9.13 Å². The number of carbonyl (C=O) groups is 1. The number of nitrogens with one attached hydrogen (secondary N) is 1. The van der Waals surface area contributed by atoms with Crippen LogP contribution >= 0.6 is 11.6 Å². The molecule has 3 rings (SSSR count). The molecule has 2 heterocycles. The highest BCUT2D eigenvalue weighted by molar-refractivity contribution is 6.28. The Morgan fingerprint density at radius 1 is 1.06 bits per heavy atom. The monoisotopic (exact) mass is 459 g/mol. The molecule has 1 N–H and O–H groups in total. The molecule has 0 saturated heterocycles. The average molecular weight is 460 g/mol. The van der Waals surface area contributed by atoms with Crippen LogP contribution in [0, 0.1) is 0 Å². The van der Waals surface area contributed by atoms with E-state index in [0.29, 0.717) is 38.0 Å². The van der Waals surface area contributed by atoms with E-state index in [0.717, 1.165) is 24.8 Å². The van der Waals surface area contributed by atoms with Crippen LogP contribution < -0.4 is 11.2 Å². The Morgan fingerprint density at radius 2 is 1.75 bits per heavy atom. The number of aromatic amines is 1. The summed E-state index contributed by atoms with van der Waals surface area (Å²) in [5.41, 5.74) is 0.808. The van der Waals surface area contributed by atoms with Crippen LogP contribution in [0.2, 0.25) is 5.28 Å². The van der Waals surface area contributed by atoms with Crippen LogP contribution in [0.15, 0.2) is 39.9 Å². The highest BCUT2D eigenvalue weighted by Crippen LogP contribution is 2.11. The first kappa shape index (κ1) is 23.8. The number of benzene rings is 1. The number of hydrogen-bond donors (Lipinski definition) is 1. The number of fused-ring (bicyclic) bond motifs is 1. The molecule has 0 aliphatic rings. The molecular formula is C23H30ClN5O3. The van der Waals surface area contributed by atoms with E-state index in [4.69, 9.17) is 11.6 Å². The van der Waals surface area contributed by atoms with Gasteiger partial charge in [-0.05, 0) is 36.4 Å². The summed E-state index contributed by atoms with van der Waals surface area (Å²) in [6.45, 7) is 3.36. The Labute approximate surface area is 191 Å². The predicted molar refractivity (Wildman–Crippen MR) is 126 cm³/mol. The fourth-order valence-electron chi connectivity index (χ4n) is 3.74. The molecular weight excluding hydrogens is 430 g/mol. The maximum atomic E-state index is 13.0. The van der Waals surface area contributed by atoms with Crippen LogP contribution in [0.3, 0.4) is 0 Å². The lowest BCUT2D eigenvalue weighted by Crippen LogP contribution is -2.40. The van der Waals surface area contributed by atoms with Crippen LogP contribution in [0.25, 0.3) is 11.2 Å². The summed E-state index contributed by atoms with van der Waals surface area (Å²) < 4.78 is 2.74. The summed E-state index contributed by atoms with van der Waals surface area (Å²) in [6, 6.07) is 9.81. The lowest BCUT2D eigenvalue weighted by molar-refractivity contribution is -0.130. The van der Waals surface area contributed by atoms with Gasteiger partial charge in [0, 0.05) is 33.1 Å². The fourth-order valence-corrected chi connectivity index (χ4v) is 3.91. The van der Waals surface area contributed by atoms with Crippen molar-refractivity contribution >= 4 is 28.7 Å². The van der Waals surface area contributed by atoms with Gasteiger partial charge in [0.05, 0.1) is 0 Å². The van der Waals surface area contributed by atoms with Crippen LogP contribution in [-0.2, 0) is 24.4 Å². The quantitative estimate of drug-likeness (QED) is 0.350. The molecule has 1 aromatic carbocycles. The minimum absolute atomic E-state index is 0.0361. The van der Waals surface area contributed by atoms with Gasteiger partial charge in [0.15, 0.2) is 11.2 Å². The molecule has 0 spiro atoms. The van der Waals surface area contributed by atoms with Crippen molar-refractivity contribution in [2.24, 2.45) is 0 Å². The van der Waals surface area contributed by atoms with Crippen molar-refractivity contribution in [3.8, 4) is 0 Å². The Morgan fingerprint density at radius 3 is 2.47 bits per heavy atom. The normalized spacial score (nSPS) is 11.2. The number of aromatic nitrogens is 4. The smallest absolute Gasteiger partial charge is 0.332 e. The molecule has 0 radical (unpaired) electrons. The van der Waals surface area contributed by atoms with Gasteiger partial charge in [-0.3, -0.25) is 18.7 Å². The summed E-state index contributed by atoms with van der Waals surface area (Å²) in [7, 11) is 1.78. The van der Waals surface area contributed by atoms with Gasteiger partial charge in [0.25, 0.3) is 5.56 Å². The fraction of sp³-hybridized carbons (Fsp3) is 0.478. The molecule has 0 aliphatic heterocycles. The second-order valence-electron chi connectivity index (χ2n) is 8.02. The van der Waals surface area contributed by atoms with E-state index in [1.54, 1.807) is 11.9 Å². The Bertz CT molecular complexity index is 1170. The van der Waals surface area contributed by atoms with Crippen molar-refractivity contribution in [1.82, 2.24) is 24.0 Å². The molecule has 0 fully saturated rings. The first-order valence-electron chi connectivity index (χ1n) is 11.1. The van der Waals surface area contributed by atoms with Gasteiger partial charge in [-0.25, -0.2) is 4.79 Å². The molecule has 3 aromatic rings. The molecule has 172 valence electrons. The minimum atomic E-state index is -0.427. The zero-order chi connectivity index (χ0) is 23.1. The number of unbranched alkanes of at least 4 members (excludes halogenated alkanes) is 3. The van der Waals surface area contributed by atoms with Gasteiger partial charge in [0.1, 0.15) is 0 Å². The van der Waals surface area contributed by atoms with Gasteiger partial charge >= 0.3 is 5.69 Å². The van der Waals surface area contributed by atoms with Crippen molar-refractivity contribution in [3.05, 3.63) is 62.0 Å². The van der Waals surface area contributed by atoms with Crippen LogP contribution in [0.4, 0.5) is 0 Å². The summed E-state index contributed by atoms with van der Waals surface area (Å²) in [6.07, 6.45) is 4.30. The predicted octanol–water partition coefficient (Wildman–Crippen LogP) is 3.56. The highest BCUT2D eigenvalue weighted by atomic mass is 35.5. The van der Waals surface area contributed by atoms with E-state index in [-0.39, 0.29) is 28.9 Å². The Hall–Kier alpha value is -2.87. The van der Waals surface area contributed by atoms with E-state index >= 15 is 0 Å². The number of imidazole rings is 1. The maximum Gasteiger partial charge on any atom is 0.332 e. The number of nitrogens with zero attached hydrogens (tertiary/aromatic N) is 4. The highest BCUT2D eigenvalue weighted by Gasteiger charge is 2.17. The van der Waals surface area contributed by atoms with Crippen molar-refractivity contribution in [3.63, 3.8) is 0 Å². The molecule has 8 nitrogen and oxygen atoms in total. The van der Waals surface area contributed by atoms with Gasteiger partial charge in [0.2, 0.25) is 11.2 Å². The third-order valence-electron chi connectivity index (χ3n) is 5.53. The van der Waals surface area contributed by atoms with Crippen molar-refractivity contribution in [1.29, 1.82) is 0 Å². The number of hydrogen-bond acceptors (Lipinski definition) is 4. The molecule has 0 saturated carbocycles. The maximum absolute atomic E-state index is 13.0. The second-order valence-corrected chi connectivity index (χ2v) is 8.37. The Balaban J connectivity index is 1.65. The van der Waals surface area contributed by atoms with Gasteiger partial charge in [-0.1, -0.05) is 50.1 Å². The molecule has 0 unspecified atom stereocenters. The number of amides is 1. The van der Waals surface area contributed by atoms with Gasteiger partial charge in [-0.15, -0.1) is 0 Å². The lowest BCUT2D eigenvalue weighted by atomic mass is 10.2.